The van der Waals surface area contributed by atoms with Crippen LogP contribution in [0.4, 0.5) is 11.4 Å². The highest BCUT2D eigenvalue weighted by Gasteiger charge is 2.31. The molecule has 1 atom stereocenters. The molecular weight excluding hydrogens is 492 g/mol. The van der Waals surface area contributed by atoms with E-state index in [0.717, 1.165) is 33.8 Å². The first-order valence-electron chi connectivity index (χ1n) is 11.9. The number of nitrogens with zero attached hydrogens (tertiary/aromatic N) is 3. The average molecular weight is 521 g/mol. The van der Waals surface area contributed by atoms with Crippen LogP contribution in [0, 0.1) is 6.92 Å². The molecular formula is C26H28N6O4S. The minimum absolute atomic E-state index is 0.00880. The van der Waals surface area contributed by atoms with Crippen LogP contribution in [0.15, 0.2) is 64.4 Å². The van der Waals surface area contributed by atoms with E-state index >= 15 is 0 Å². The highest BCUT2D eigenvalue weighted by Crippen LogP contribution is 2.38. The summed E-state index contributed by atoms with van der Waals surface area (Å²) in [6.45, 7) is 2.55. The lowest BCUT2D eigenvalue weighted by Crippen LogP contribution is -2.27. The fourth-order valence-corrected chi connectivity index (χ4v) is 5.78. The zero-order valence-electron chi connectivity index (χ0n) is 20.8. The summed E-state index contributed by atoms with van der Waals surface area (Å²) in [6, 6.07) is 13.3. The number of hydrogen-bond acceptors (Lipinski definition) is 6. The predicted molar refractivity (Wildman–Crippen MR) is 142 cm³/mol. The van der Waals surface area contributed by atoms with Crippen molar-refractivity contribution in [2.24, 2.45) is 0 Å². The average Bonchev–Trinajstić information content (AvgIpc) is 3.56. The van der Waals surface area contributed by atoms with Crippen LogP contribution in [0.3, 0.4) is 0 Å². The van der Waals surface area contributed by atoms with Crippen LogP contribution in [-0.2, 0) is 10.0 Å². The third kappa shape index (κ3) is 4.63. The Morgan fingerprint density at radius 2 is 1.95 bits per heavy atom. The van der Waals surface area contributed by atoms with Gasteiger partial charge in [-0.15, -0.1) is 0 Å². The van der Waals surface area contributed by atoms with E-state index < -0.39 is 15.9 Å². The number of hydrogen-bond donors (Lipinski definition) is 3. The highest BCUT2D eigenvalue weighted by molar-refractivity contribution is 7.89. The topological polar surface area (TPSA) is 131 Å². The van der Waals surface area contributed by atoms with Gasteiger partial charge in [0.15, 0.2) is 0 Å². The lowest BCUT2D eigenvalue weighted by atomic mass is 10.1. The summed E-state index contributed by atoms with van der Waals surface area (Å²) < 4.78 is 26.9. The largest absolute Gasteiger partial charge is 0.362 e. The SMILES string of the molecule is Cc1cc(=O)[nH]c2ccc(NC(=O)c3cc(S(=O)(=O)N(C)C)ccc3N3CCCC3c3ccn[nH]3)cc12. The molecule has 1 unspecified atom stereocenters. The molecule has 1 aliphatic rings. The van der Waals surface area contributed by atoms with E-state index in [1.165, 1.54) is 26.2 Å². The summed E-state index contributed by atoms with van der Waals surface area (Å²) in [7, 11) is -0.841. The van der Waals surface area contributed by atoms with Crippen LogP contribution in [0.1, 0.15) is 40.5 Å². The van der Waals surface area contributed by atoms with Gasteiger partial charge in [-0.3, -0.25) is 14.7 Å². The fraction of sp³-hybridized carbons (Fsp3) is 0.269. The second-order valence-corrected chi connectivity index (χ2v) is 11.5. The van der Waals surface area contributed by atoms with Crippen LogP contribution in [0.5, 0.6) is 0 Å². The lowest BCUT2D eigenvalue weighted by Gasteiger charge is -2.28. The van der Waals surface area contributed by atoms with E-state index in [1.807, 2.05) is 13.0 Å². The monoisotopic (exact) mass is 520 g/mol. The first kappa shape index (κ1) is 24.7. The van der Waals surface area contributed by atoms with Gasteiger partial charge in [-0.25, -0.2) is 12.7 Å². The molecule has 0 bridgehead atoms. The van der Waals surface area contributed by atoms with Gasteiger partial charge in [0, 0.05) is 49.5 Å². The van der Waals surface area contributed by atoms with Gasteiger partial charge < -0.3 is 15.2 Å². The molecule has 3 N–H and O–H groups in total. The van der Waals surface area contributed by atoms with Crippen molar-refractivity contribution in [3.63, 3.8) is 0 Å². The number of pyridine rings is 1. The first-order chi connectivity index (χ1) is 17.6. The smallest absolute Gasteiger partial charge is 0.257 e. The Morgan fingerprint density at radius 1 is 1.14 bits per heavy atom. The van der Waals surface area contributed by atoms with Crippen LogP contribution in [0.2, 0.25) is 0 Å². The molecule has 0 aliphatic carbocycles. The number of carbonyl (C=O) groups excluding carboxylic acids is 1. The maximum absolute atomic E-state index is 13.7. The molecule has 2 aromatic heterocycles. The van der Waals surface area contributed by atoms with Gasteiger partial charge in [0.05, 0.1) is 27.9 Å². The molecule has 0 saturated carbocycles. The molecule has 0 radical (unpaired) electrons. The predicted octanol–water partition coefficient (Wildman–Crippen LogP) is 3.40. The van der Waals surface area contributed by atoms with Crippen molar-refractivity contribution in [1.82, 2.24) is 19.5 Å². The summed E-state index contributed by atoms with van der Waals surface area (Å²) in [4.78, 5) is 30.4. The van der Waals surface area contributed by atoms with Crippen molar-refractivity contribution in [1.29, 1.82) is 0 Å². The molecule has 3 heterocycles. The summed E-state index contributed by atoms with van der Waals surface area (Å²) in [5.74, 6) is -0.428. The van der Waals surface area contributed by atoms with E-state index in [1.54, 1.807) is 36.5 Å². The number of sulfonamides is 1. The van der Waals surface area contributed by atoms with Gasteiger partial charge in [-0.05, 0) is 67.8 Å². The van der Waals surface area contributed by atoms with E-state index in [9.17, 15) is 18.0 Å². The van der Waals surface area contributed by atoms with Crippen molar-refractivity contribution in [3.05, 3.63) is 81.9 Å². The van der Waals surface area contributed by atoms with E-state index in [-0.39, 0.29) is 22.1 Å². The van der Waals surface area contributed by atoms with Crippen molar-refractivity contribution in [3.8, 4) is 0 Å². The Labute approximate surface area is 214 Å². The molecule has 37 heavy (non-hydrogen) atoms. The molecule has 11 heteroatoms. The molecule has 2 aromatic carbocycles. The number of H-pyrrole nitrogens is 2. The Kier molecular flexibility index (Phi) is 6.34. The van der Waals surface area contributed by atoms with Crippen LogP contribution >= 0.6 is 0 Å². The quantitative estimate of drug-likeness (QED) is 0.357. The molecule has 1 amide bonds. The third-order valence-corrected chi connectivity index (χ3v) is 8.55. The van der Waals surface area contributed by atoms with Crippen LogP contribution in [0.25, 0.3) is 10.9 Å². The number of amides is 1. The molecule has 1 saturated heterocycles. The Hall–Kier alpha value is -3.96. The number of anilines is 2. The first-order valence-corrected chi connectivity index (χ1v) is 13.4. The minimum Gasteiger partial charge on any atom is -0.362 e. The summed E-state index contributed by atoms with van der Waals surface area (Å²) in [5.41, 5.74) is 3.64. The molecule has 4 aromatic rings. The van der Waals surface area contributed by atoms with E-state index in [4.69, 9.17) is 0 Å². The van der Waals surface area contributed by atoms with Crippen molar-refractivity contribution >= 4 is 38.2 Å². The zero-order valence-corrected chi connectivity index (χ0v) is 21.6. The van der Waals surface area contributed by atoms with Crippen molar-refractivity contribution < 1.29 is 13.2 Å². The number of benzene rings is 2. The number of aromatic amines is 2. The van der Waals surface area contributed by atoms with Gasteiger partial charge in [-0.1, -0.05) is 0 Å². The molecule has 1 fully saturated rings. The standard InChI is InChI=1S/C26H28N6O4S/c1-16-13-25(33)29-21-8-6-17(14-19(16)21)28-26(34)20-15-18(37(35,36)31(2)3)7-9-23(20)32-12-4-5-24(32)22-10-11-27-30-22/h6-11,13-15,24H,4-5,12H2,1-3H3,(H,27,30)(H,28,34)(H,29,33). The Balaban J connectivity index is 1.57. The Bertz CT molecular complexity index is 1640. The second-order valence-electron chi connectivity index (χ2n) is 9.36. The normalized spacial score (nSPS) is 16.0. The second kappa shape index (κ2) is 9.49. The van der Waals surface area contributed by atoms with Crippen LogP contribution < -0.4 is 15.8 Å². The molecule has 10 nitrogen and oxygen atoms in total. The van der Waals surface area contributed by atoms with Gasteiger partial charge in [0.1, 0.15) is 0 Å². The van der Waals surface area contributed by atoms with Crippen LogP contribution in [-0.4, -0.2) is 54.5 Å². The van der Waals surface area contributed by atoms with E-state index in [0.29, 0.717) is 23.4 Å². The number of aryl methyl sites for hydroxylation is 1. The molecule has 192 valence electrons. The van der Waals surface area contributed by atoms with E-state index in [2.05, 4.69) is 25.4 Å². The van der Waals surface area contributed by atoms with Crippen molar-refractivity contribution in [2.75, 3.05) is 30.9 Å². The Morgan fingerprint density at radius 3 is 2.68 bits per heavy atom. The number of nitrogens with one attached hydrogen (secondary N) is 3. The van der Waals surface area contributed by atoms with Gasteiger partial charge in [0.25, 0.3) is 5.91 Å². The summed E-state index contributed by atoms with van der Waals surface area (Å²) >= 11 is 0. The molecule has 0 spiro atoms. The van der Waals surface area contributed by atoms with Gasteiger partial charge in [0.2, 0.25) is 15.6 Å². The molecule has 1 aliphatic heterocycles. The maximum atomic E-state index is 13.7. The minimum atomic E-state index is -3.76. The number of rotatable bonds is 6. The third-order valence-electron chi connectivity index (χ3n) is 6.74. The van der Waals surface area contributed by atoms with Gasteiger partial charge in [-0.2, -0.15) is 5.10 Å². The fourth-order valence-electron chi connectivity index (χ4n) is 4.85. The lowest BCUT2D eigenvalue weighted by molar-refractivity contribution is 0.102. The zero-order chi connectivity index (χ0) is 26.3. The number of aromatic nitrogens is 3. The van der Waals surface area contributed by atoms with Crippen molar-refractivity contribution in [2.45, 2.75) is 30.7 Å². The summed E-state index contributed by atoms with van der Waals surface area (Å²) in [6.07, 6.45) is 3.49. The van der Waals surface area contributed by atoms with Gasteiger partial charge >= 0.3 is 0 Å². The molecule has 5 rings (SSSR count). The number of carbonyl (C=O) groups is 1. The maximum Gasteiger partial charge on any atom is 0.257 e. The highest BCUT2D eigenvalue weighted by atomic mass is 32.2. The summed E-state index contributed by atoms with van der Waals surface area (Å²) in [5, 5.41) is 10.8. The number of fused-ring (bicyclic) bond motifs is 1.